The van der Waals surface area contributed by atoms with E-state index in [-0.39, 0.29) is 18.4 Å². The van der Waals surface area contributed by atoms with E-state index in [4.69, 9.17) is 0 Å². The number of carboxylic acids is 1. The minimum atomic E-state index is -4.47. The number of carboxylic acid groups (broad SMARTS) is 1. The van der Waals surface area contributed by atoms with Crippen molar-refractivity contribution in [3.05, 3.63) is 12.2 Å². The van der Waals surface area contributed by atoms with Gasteiger partial charge in [-0.15, -0.1) is 0 Å². The maximum absolute atomic E-state index is 12.5. The zero-order valence-corrected chi connectivity index (χ0v) is 10.9. The number of hydrogen-bond donors (Lipinski definition) is 1. The highest BCUT2D eigenvalue weighted by molar-refractivity contribution is 5.87. The van der Waals surface area contributed by atoms with Gasteiger partial charge in [0.1, 0.15) is 6.54 Å². The maximum Gasteiger partial charge on any atom is 0.406 e. The van der Waals surface area contributed by atoms with Gasteiger partial charge in [0.15, 0.2) is 0 Å². The van der Waals surface area contributed by atoms with Crippen molar-refractivity contribution in [3.8, 4) is 0 Å². The van der Waals surface area contributed by atoms with Crippen LogP contribution in [0.1, 0.15) is 13.3 Å². The molecule has 0 radical (unpaired) electrons. The fourth-order valence-corrected chi connectivity index (χ4v) is 3.27. The Hall–Kier alpha value is -1.53. The molecule has 0 spiro atoms. The fraction of sp³-hybridized carbons (Fsp3) is 0.692. The molecule has 0 aromatic rings. The molecule has 2 bridgehead atoms. The zero-order valence-electron chi connectivity index (χ0n) is 10.9. The minimum Gasteiger partial charge on any atom is -0.481 e. The lowest BCUT2D eigenvalue weighted by atomic mass is 9.82. The molecule has 0 aromatic heterocycles. The summed E-state index contributed by atoms with van der Waals surface area (Å²) in [6.07, 6.45) is -0.420. The lowest BCUT2D eigenvalue weighted by Crippen LogP contribution is -2.46. The average molecular weight is 291 g/mol. The first-order valence-electron chi connectivity index (χ1n) is 6.51. The summed E-state index contributed by atoms with van der Waals surface area (Å²) >= 11 is 0. The van der Waals surface area contributed by atoms with E-state index in [1.165, 1.54) is 6.92 Å². The van der Waals surface area contributed by atoms with Crippen LogP contribution in [0.25, 0.3) is 0 Å². The molecule has 1 saturated carbocycles. The third-order valence-electron chi connectivity index (χ3n) is 4.09. The van der Waals surface area contributed by atoms with E-state index in [0.29, 0.717) is 11.3 Å². The maximum atomic E-state index is 12.5. The Kier molecular flexibility index (Phi) is 3.80. The second kappa shape index (κ2) is 5.10. The summed E-state index contributed by atoms with van der Waals surface area (Å²) in [7, 11) is 0. The normalized spacial score (nSPS) is 31.6. The van der Waals surface area contributed by atoms with Crippen molar-refractivity contribution in [1.82, 2.24) is 4.90 Å². The van der Waals surface area contributed by atoms with Crippen molar-refractivity contribution < 1.29 is 27.9 Å². The average Bonchev–Trinajstić information content (AvgIpc) is 2.93. The zero-order chi connectivity index (χ0) is 15.1. The van der Waals surface area contributed by atoms with Crippen LogP contribution in [-0.4, -0.2) is 41.1 Å². The van der Waals surface area contributed by atoms with E-state index in [1.54, 1.807) is 12.2 Å². The molecule has 1 amide bonds. The van der Waals surface area contributed by atoms with E-state index in [1.807, 2.05) is 0 Å². The summed E-state index contributed by atoms with van der Waals surface area (Å²) in [6, 6.07) is 0. The van der Waals surface area contributed by atoms with E-state index >= 15 is 0 Å². The minimum absolute atomic E-state index is 0.0811. The summed E-state index contributed by atoms with van der Waals surface area (Å²) in [5.41, 5.74) is 0. The van der Waals surface area contributed by atoms with Crippen LogP contribution in [0, 0.1) is 23.7 Å². The quantitative estimate of drug-likeness (QED) is 0.805. The van der Waals surface area contributed by atoms with Crippen LogP contribution in [0.3, 0.4) is 0 Å². The molecule has 0 aliphatic heterocycles. The van der Waals surface area contributed by atoms with Gasteiger partial charge in [-0.05, 0) is 25.2 Å². The standard InChI is InChI=1S/C13H16F3NO3/c1-2-17(6-13(14,15)16)11(18)9-7-3-4-8(5-7)10(9)12(19)20/h3-4,7-10H,2,5-6H2,1H3,(H,19,20)/t7?,8?,9-,10+/m0/s1. The van der Waals surface area contributed by atoms with E-state index in [9.17, 15) is 27.9 Å². The first-order chi connectivity index (χ1) is 9.24. The number of hydrogen-bond acceptors (Lipinski definition) is 2. The number of allylic oxidation sites excluding steroid dienone is 2. The van der Waals surface area contributed by atoms with Crippen molar-refractivity contribution in [2.24, 2.45) is 23.7 Å². The number of alkyl halides is 3. The van der Waals surface area contributed by atoms with Gasteiger partial charge in [-0.3, -0.25) is 9.59 Å². The van der Waals surface area contributed by atoms with Gasteiger partial charge in [-0.1, -0.05) is 12.2 Å². The van der Waals surface area contributed by atoms with Crippen LogP contribution in [0.5, 0.6) is 0 Å². The molecule has 2 unspecified atom stereocenters. The van der Waals surface area contributed by atoms with Gasteiger partial charge in [0.2, 0.25) is 5.91 Å². The predicted octanol–water partition coefficient (Wildman–Crippen LogP) is 1.92. The molecule has 1 fully saturated rings. The molecule has 0 saturated heterocycles. The topological polar surface area (TPSA) is 57.6 Å². The van der Waals surface area contributed by atoms with Crippen molar-refractivity contribution in [1.29, 1.82) is 0 Å². The molecular formula is C13H16F3NO3. The number of aliphatic carboxylic acids is 1. The van der Waals surface area contributed by atoms with Crippen molar-refractivity contribution >= 4 is 11.9 Å². The van der Waals surface area contributed by atoms with Gasteiger partial charge in [-0.25, -0.2) is 0 Å². The van der Waals surface area contributed by atoms with Crippen molar-refractivity contribution in [2.75, 3.05) is 13.1 Å². The largest absolute Gasteiger partial charge is 0.481 e. The smallest absolute Gasteiger partial charge is 0.406 e. The second-order valence-electron chi connectivity index (χ2n) is 5.31. The molecule has 0 heterocycles. The number of halogens is 3. The molecule has 0 aromatic carbocycles. The molecule has 20 heavy (non-hydrogen) atoms. The molecule has 4 nitrogen and oxygen atoms in total. The number of carbonyl (C=O) groups is 2. The van der Waals surface area contributed by atoms with Crippen molar-refractivity contribution in [3.63, 3.8) is 0 Å². The Morgan fingerprint density at radius 3 is 2.25 bits per heavy atom. The molecular weight excluding hydrogens is 275 g/mol. The summed E-state index contributed by atoms with van der Waals surface area (Å²) in [6.45, 7) is 0.0526. The van der Waals surface area contributed by atoms with E-state index < -0.39 is 36.4 Å². The molecule has 2 rings (SSSR count). The third kappa shape index (κ3) is 2.66. The summed E-state index contributed by atoms with van der Waals surface area (Å²) in [4.78, 5) is 24.3. The van der Waals surface area contributed by atoms with Crippen LogP contribution in [0.4, 0.5) is 13.2 Å². The summed E-state index contributed by atoms with van der Waals surface area (Å²) in [5, 5.41) is 9.21. The van der Waals surface area contributed by atoms with Gasteiger partial charge in [0, 0.05) is 6.54 Å². The van der Waals surface area contributed by atoms with Crippen LogP contribution < -0.4 is 0 Å². The SMILES string of the molecule is CCN(CC(F)(F)F)C(=O)[C@H]1C2C=CC(C2)[C@H]1C(=O)O. The molecule has 112 valence electrons. The monoisotopic (exact) mass is 291 g/mol. The van der Waals surface area contributed by atoms with Crippen LogP contribution in [0.2, 0.25) is 0 Å². The Balaban J connectivity index is 2.18. The summed E-state index contributed by atoms with van der Waals surface area (Å²) < 4.78 is 37.4. The third-order valence-corrected chi connectivity index (χ3v) is 4.09. The molecule has 7 heteroatoms. The molecule has 2 aliphatic carbocycles. The second-order valence-corrected chi connectivity index (χ2v) is 5.31. The number of amides is 1. The Morgan fingerprint density at radius 1 is 1.25 bits per heavy atom. The van der Waals surface area contributed by atoms with Gasteiger partial charge >= 0.3 is 12.1 Å². The Morgan fingerprint density at radius 2 is 1.80 bits per heavy atom. The van der Waals surface area contributed by atoms with Gasteiger partial charge in [0.25, 0.3) is 0 Å². The van der Waals surface area contributed by atoms with Gasteiger partial charge in [0.05, 0.1) is 11.8 Å². The first kappa shape index (κ1) is 14.9. The fourth-order valence-electron chi connectivity index (χ4n) is 3.27. The molecule has 4 atom stereocenters. The van der Waals surface area contributed by atoms with Gasteiger partial charge in [-0.2, -0.15) is 13.2 Å². The van der Waals surface area contributed by atoms with Crippen LogP contribution in [0.15, 0.2) is 12.2 Å². The molecule has 1 N–H and O–H groups in total. The van der Waals surface area contributed by atoms with Crippen LogP contribution in [-0.2, 0) is 9.59 Å². The molecule has 2 aliphatic rings. The highest BCUT2D eigenvalue weighted by atomic mass is 19.4. The van der Waals surface area contributed by atoms with E-state index in [0.717, 1.165) is 0 Å². The lowest BCUT2D eigenvalue weighted by molar-refractivity contribution is -0.166. The first-order valence-corrected chi connectivity index (χ1v) is 6.51. The van der Waals surface area contributed by atoms with Gasteiger partial charge < -0.3 is 10.0 Å². The predicted molar refractivity (Wildman–Crippen MR) is 63.7 cm³/mol. The number of fused-ring (bicyclic) bond motifs is 2. The van der Waals surface area contributed by atoms with Crippen LogP contribution >= 0.6 is 0 Å². The number of rotatable bonds is 4. The van der Waals surface area contributed by atoms with Crippen molar-refractivity contribution in [2.45, 2.75) is 19.5 Å². The summed E-state index contributed by atoms with van der Waals surface area (Å²) in [5.74, 6) is -4.08. The Bertz CT molecular complexity index is 447. The lowest BCUT2D eigenvalue weighted by Gasteiger charge is -2.30. The Labute approximate surface area is 114 Å². The highest BCUT2D eigenvalue weighted by Gasteiger charge is 2.53. The highest BCUT2D eigenvalue weighted by Crippen LogP contribution is 2.48. The number of nitrogens with zero attached hydrogens (tertiary/aromatic N) is 1. The number of carbonyl (C=O) groups excluding carboxylic acids is 1. The van der Waals surface area contributed by atoms with E-state index in [2.05, 4.69) is 0 Å².